The summed E-state index contributed by atoms with van der Waals surface area (Å²) in [6.45, 7) is 0. The second kappa shape index (κ2) is 7.74. The monoisotopic (exact) mass is 311 g/mol. The number of amides is 1. The molecular weight excluding hydrogens is 294 g/mol. The zero-order valence-electron chi connectivity index (χ0n) is 12.9. The fourth-order valence-corrected chi connectivity index (χ4v) is 1.88. The number of pyridine rings is 1. The first-order valence-corrected chi connectivity index (χ1v) is 6.91. The molecule has 1 aromatic carbocycles. The molecule has 0 fully saturated rings. The highest BCUT2D eigenvalue weighted by atomic mass is 16.5. The van der Waals surface area contributed by atoms with Crippen molar-refractivity contribution in [2.24, 2.45) is 12.1 Å². The quantitative estimate of drug-likeness (QED) is 0.676. The van der Waals surface area contributed by atoms with Crippen molar-refractivity contribution in [1.82, 2.24) is 9.99 Å². The van der Waals surface area contributed by atoms with Crippen LogP contribution >= 0.6 is 0 Å². The number of aryl methyl sites for hydroxylation is 1. The average molecular weight is 311 g/mol. The van der Waals surface area contributed by atoms with Gasteiger partial charge in [0.25, 0.3) is 5.91 Å². The summed E-state index contributed by atoms with van der Waals surface area (Å²) in [5.74, 6) is 0.369. The summed E-state index contributed by atoms with van der Waals surface area (Å²) in [6, 6.07) is 10.3. The first-order valence-electron chi connectivity index (χ1n) is 6.91. The lowest BCUT2D eigenvalue weighted by Crippen LogP contribution is -2.22. The van der Waals surface area contributed by atoms with E-state index in [1.165, 1.54) is 29.1 Å². The van der Waals surface area contributed by atoms with Gasteiger partial charge in [0.15, 0.2) is 0 Å². The van der Waals surface area contributed by atoms with Crippen LogP contribution in [0.15, 0.2) is 58.6 Å². The van der Waals surface area contributed by atoms with Crippen molar-refractivity contribution in [3.63, 3.8) is 0 Å². The molecule has 0 radical (unpaired) electrons. The summed E-state index contributed by atoms with van der Waals surface area (Å²) >= 11 is 0. The van der Waals surface area contributed by atoms with E-state index in [1.54, 1.807) is 20.2 Å². The van der Waals surface area contributed by atoms with Gasteiger partial charge in [-0.2, -0.15) is 5.10 Å². The minimum absolute atomic E-state index is 0.176. The molecule has 2 aromatic rings. The van der Waals surface area contributed by atoms with Crippen LogP contribution in [-0.2, 0) is 7.05 Å². The molecule has 1 aromatic heterocycles. The van der Waals surface area contributed by atoms with E-state index in [4.69, 9.17) is 4.74 Å². The van der Waals surface area contributed by atoms with Crippen LogP contribution in [0.25, 0.3) is 6.08 Å². The third kappa shape index (κ3) is 4.41. The topological polar surface area (TPSA) is 72.7 Å². The molecule has 1 N–H and O–H groups in total. The summed E-state index contributed by atoms with van der Waals surface area (Å²) < 4.78 is 6.56. The normalized spacial score (nSPS) is 11.0. The number of methoxy groups -OCH3 is 1. The summed E-state index contributed by atoms with van der Waals surface area (Å²) in [7, 11) is 3.19. The zero-order valence-corrected chi connectivity index (χ0v) is 12.9. The van der Waals surface area contributed by atoms with Gasteiger partial charge in [-0.25, -0.2) is 5.43 Å². The van der Waals surface area contributed by atoms with Crippen molar-refractivity contribution < 1.29 is 9.53 Å². The number of benzene rings is 1. The molecule has 0 aliphatic heterocycles. The summed E-state index contributed by atoms with van der Waals surface area (Å²) in [5.41, 5.74) is 3.48. The first kappa shape index (κ1) is 16.2. The number of nitrogens with zero attached hydrogens (tertiary/aromatic N) is 2. The molecule has 0 spiro atoms. The van der Waals surface area contributed by atoms with Gasteiger partial charge in [-0.1, -0.05) is 18.2 Å². The summed E-state index contributed by atoms with van der Waals surface area (Å²) in [4.78, 5) is 23.1. The van der Waals surface area contributed by atoms with Crippen LogP contribution < -0.4 is 15.7 Å². The van der Waals surface area contributed by atoms with Crippen molar-refractivity contribution in [1.29, 1.82) is 0 Å². The number of carbonyl (C=O) groups is 1. The second-order valence-corrected chi connectivity index (χ2v) is 4.69. The highest BCUT2D eigenvalue weighted by Crippen LogP contribution is 2.18. The van der Waals surface area contributed by atoms with E-state index in [0.29, 0.717) is 5.56 Å². The van der Waals surface area contributed by atoms with E-state index < -0.39 is 0 Å². The second-order valence-electron chi connectivity index (χ2n) is 4.69. The Morgan fingerprint density at radius 2 is 2.04 bits per heavy atom. The van der Waals surface area contributed by atoms with Crippen LogP contribution in [0.2, 0.25) is 0 Å². The average Bonchev–Trinajstić information content (AvgIpc) is 2.57. The van der Waals surface area contributed by atoms with Crippen molar-refractivity contribution in [2.75, 3.05) is 7.11 Å². The first-order chi connectivity index (χ1) is 11.1. The minimum Gasteiger partial charge on any atom is -0.496 e. The SMILES string of the molecule is COc1ccccc1/C=C/C=N/NC(=O)c1ccc(=O)n(C)c1. The van der Waals surface area contributed by atoms with E-state index in [0.717, 1.165) is 11.3 Å². The number of hydrazone groups is 1. The molecule has 23 heavy (non-hydrogen) atoms. The van der Waals surface area contributed by atoms with Crippen molar-refractivity contribution in [2.45, 2.75) is 0 Å². The number of nitrogens with one attached hydrogen (secondary N) is 1. The van der Waals surface area contributed by atoms with E-state index in [9.17, 15) is 9.59 Å². The summed E-state index contributed by atoms with van der Waals surface area (Å²) in [5, 5.41) is 3.83. The fraction of sp³-hybridized carbons (Fsp3) is 0.118. The van der Waals surface area contributed by atoms with Gasteiger partial charge < -0.3 is 9.30 Å². The molecule has 6 heteroatoms. The van der Waals surface area contributed by atoms with Gasteiger partial charge in [-0.15, -0.1) is 0 Å². The Morgan fingerprint density at radius 3 is 2.78 bits per heavy atom. The number of ether oxygens (including phenoxy) is 1. The molecule has 0 aliphatic carbocycles. The Hall–Kier alpha value is -3.15. The predicted molar refractivity (Wildman–Crippen MR) is 89.7 cm³/mol. The maximum Gasteiger partial charge on any atom is 0.272 e. The number of aromatic nitrogens is 1. The van der Waals surface area contributed by atoms with Crippen LogP contribution in [-0.4, -0.2) is 23.8 Å². The van der Waals surface area contributed by atoms with Crippen molar-refractivity contribution in [3.8, 4) is 5.75 Å². The van der Waals surface area contributed by atoms with Gasteiger partial charge in [-0.05, 0) is 24.3 Å². The maximum atomic E-state index is 11.9. The van der Waals surface area contributed by atoms with Gasteiger partial charge in [-0.3, -0.25) is 9.59 Å². The fourth-order valence-electron chi connectivity index (χ4n) is 1.88. The summed E-state index contributed by atoms with van der Waals surface area (Å²) in [6.07, 6.45) is 6.43. The molecule has 0 bridgehead atoms. The van der Waals surface area contributed by atoms with Crippen molar-refractivity contribution in [3.05, 3.63) is 70.2 Å². The van der Waals surface area contributed by atoms with Gasteiger partial charge in [0.05, 0.1) is 12.7 Å². The Bertz CT molecular complexity index is 807. The molecule has 6 nitrogen and oxygen atoms in total. The van der Waals surface area contributed by atoms with E-state index in [2.05, 4.69) is 10.5 Å². The minimum atomic E-state index is -0.387. The number of rotatable bonds is 5. The van der Waals surface area contributed by atoms with Crippen LogP contribution in [0.3, 0.4) is 0 Å². The molecule has 2 rings (SSSR count). The number of allylic oxidation sites excluding steroid dienone is 1. The largest absolute Gasteiger partial charge is 0.496 e. The highest BCUT2D eigenvalue weighted by Gasteiger charge is 2.04. The number of hydrogen-bond donors (Lipinski definition) is 1. The Kier molecular flexibility index (Phi) is 5.46. The molecule has 0 unspecified atom stereocenters. The third-order valence-corrected chi connectivity index (χ3v) is 3.09. The maximum absolute atomic E-state index is 11.9. The lowest BCUT2D eigenvalue weighted by atomic mass is 10.2. The third-order valence-electron chi connectivity index (χ3n) is 3.09. The number of carbonyl (C=O) groups excluding carboxylic acids is 1. The molecule has 0 saturated carbocycles. The van der Waals surface area contributed by atoms with E-state index in [-0.39, 0.29) is 11.5 Å². The molecule has 0 atom stereocenters. The highest BCUT2D eigenvalue weighted by molar-refractivity contribution is 5.94. The Morgan fingerprint density at radius 1 is 1.26 bits per heavy atom. The predicted octanol–water partition coefficient (Wildman–Crippen LogP) is 1.82. The van der Waals surface area contributed by atoms with Crippen LogP contribution in [0, 0.1) is 0 Å². The van der Waals surface area contributed by atoms with Gasteiger partial charge in [0.2, 0.25) is 5.56 Å². The molecular formula is C17H17N3O3. The van der Waals surface area contributed by atoms with Crippen molar-refractivity contribution >= 4 is 18.2 Å². The van der Waals surface area contributed by atoms with Gasteiger partial charge >= 0.3 is 0 Å². The molecule has 0 aliphatic rings. The van der Waals surface area contributed by atoms with E-state index in [1.807, 2.05) is 30.3 Å². The Labute approximate surface area is 133 Å². The standard InChI is InChI=1S/C17H17N3O3/c1-20-12-14(9-10-16(20)21)17(22)19-18-11-5-7-13-6-3-4-8-15(13)23-2/h3-12H,1-2H3,(H,19,22)/b7-5+,18-11+. The van der Waals surface area contributed by atoms with Gasteiger partial charge in [0, 0.05) is 31.1 Å². The van der Waals surface area contributed by atoms with Gasteiger partial charge in [0.1, 0.15) is 5.75 Å². The van der Waals surface area contributed by atoms with E-state index >= 15 is 0 Å². The number of hydrogen-bond acceptors (Lipinski definition) is 4. The molecule has 0 saturated heterocycles. The zero-order chi connectivity index (χ0) is 16.7. The smallest absolute Gasteiger partial charge is 0.272 e. The van der Waals surface area contributed by atoms with Crippen LogP contribution in [0.5, 0.6) is 5.75 Å². The molecule has 118 valence electrons. The number of para-hydroxylation sites is 1. The lowest BCUT2D eigenvalue weighted by Gasteiger charge is -2.02. The Balaban J connectivity index is 1.96. The van der Waals surface area contributed by atoms with Crippen LogP contribution in [0.1, 0.15) is 15.9 Å². The van der Waals surface area contributed by atoms with Crippen LogP contribution in [0.4, 0.5) is 0 Å². The molecule has 1 amide bonds. The lowest BCUT2D eigenvalue weighted by molar-refractivity contribution is 0.0954. The molecule has 1 heterocycles.